The van der Waals surface area contributed by atoms with Crippen LogP contribution in [-0.4, -0.2) is 54.2 Å². The van der Waals surface area contributed by atoms with Crippen molar-refractivity contribution in [1.82, 2.24) is 4.90 Å². The van der Waals surface area contributed by atoms with E-state index in [2.05, 4.69) is 18.7 Å². The molecule has 1 aliphatic carbocycles. The van der Waals surface area contributed by atoms with Gasteiger partial charge in [0, 0.05) is 18.9 Å². The summed E-state index contributed by atoms with van der Waals surface area (Å²) < 4.78 is 11.7. The van der Waals surface area contributed by atoms with Crippen molar-refractivity contribution in [3.8, 4) is 0 Å². The Labute approximate surface area is 116 Å². The van der Waals surface area contributed by atoms with E-state index in [-0.39, 0.29) is 12.1 Å². The van der Waals surface area contributed by atoms with E-state index in [1.165, 1.54) is 12.8 Å². The van der Waals surface area contributed by atoms with Gasteiger partial charge in [-0.15, -0.1) is 0 Å². The molecule has 0 radical (unpaired) electrons. The zero-order chi connectivity index (χ0) is 13.5. The fourth-order valence-electron chi connectivity index (χ4n) is 3.71. The third-order valence-corrected chi connectivity index (χ3v) is 5.22. The van der Waals surface area contributed by atoms with E-state index in [1.54, 1.807) is 0 Å². The largest absolute Gasteiger partial charge is 0.391 e. The molecule has 1 saturated carbocycles. The topological polar surface area (TPSA) is 41.9 Å². The molecule has 4 heteroatoms. The quantitative estimate of drug-likeness (QED) is 0.787. The van der Waals surface area contributed by atoms with Gasteiger partial charge in [0.2, 0.25) is 0 Å². The number of likely N-dealkylation sites (tertiary alicyclic amines) is 1. The van der Waals surface area contributed by atoms with Crippen LogP contribution in [0.15, 0.2) is 0 Å². The highest BCUT2D eigenvalue weighted by Gasteiger charge is 2.47. The highest BCUT2D eigenvalue weighted by Crippen LogP contribution is 2.40. The summed E-state index contributed by atoms with van der Waals surface area (Å²) in [5.74, 6) is -0.392. The zero-order valence-corrected chi connectivity index (χ0v) is 12.2. The van der Waals surface area contributed by atoms with Crippen LogP contribution in [0.2, 0.25) is 0 Å². The first-order chi connectivity index (χ1) is 9.00. The smallest absolute Gasteiger partial charge is 0.170 e. The van der Waals surface area contributed by atoms with Gasteiger partial charge < -0.3 is 14.6 Å². The van der Waals surface area contributed by atoms with E-state index >= 15 is 0 Å². The summed E-state index contributed by atoms with van der Waals surface area (Å²) in [6.07, 6.45) is 4.67. The third kappa shape index (κ3) is 2.82. The van der Waals surface area contributed by atoms with Gasteiger partial charge in [-0.05, 0) is 37.8 Å². The van der Waals surface area contributed by atoms with Crippen molar-refractivity contribution in [3.05, 3.63) is 0 Å². The van der Waals surface area contributed by atoms with Gasteiger partial charge in [-0.1, -0.05) is 13.8 Å². The van der Waals surface area contributed by atoms with Crippen molar-refractivity contribution in [2.24, 2.45) is 5.41 Å². The minimum atomic E-state index is -0.392. The van der Waals surface area contributed by atoms with Crippen LogP contribution < -0.4 is 0 Å². The van der Waals surface area contributed by atoms with Crippen molar-refractivity contribution in [1.29, 1.82) is 0 Å². The Morgan fingerprint density at radius 1 is 1.05 bits per heavy atom. The Hall–Kier alpha value is -0.160. The minimum Gasteiger partial charge on any atom is -0.391 e. The van der Waals surface area contributed by atoms with E-state index in [1.807, 2.05) is 0 Å². The molecule has 2 atom stereocenters. The molecule has 0 amide bonds. The summed E-state index contributed by atoms with van der Waals surface area (Å²) in [7, 11) is 0. The van der Waals surface area contributed by atoms with E-state index in [4.69, 9.17) is 9.47 Å². The molecule has 4 nitrogen and oxygen atoms in total. The second-order valence-electron chi connectivity index (χ2n) is 7.19. The van der Waals surface area contributed by atoms with Crippen LogP contribution in [0.3, 0.4) is 0 Å². The average molecular weight is 269 g/mol. The van der Waals surface area contributed by atoms with Crippen molar-refractivity contribution in [2.75, 3.05) is 26.3 Å². The van der Waals surface area contributed by atoms with Crippen molar-refractivity contribution in [3.63, 3.8) is 0 Å². The van der Waals surface area contributed by atoms with E-state index < -0.39 is 5.79 Å². The van der Waals surface area contributed by atoms with Crippen LogP contribution >= 0.6 is 0 Å². The Kier molecular flexibility index (Phi) is 3.63. The molecule has 110 valence electrons. The molecule has 0 aromatic heterocycles. The minimum absolute atomic E-state index is 0.211. The Morgan fingerprint density at radius 3 is 2.32 bits per heavy atom. The molecule has 2 unspecified atom stereocenters. The first-order valence-corrected chi connectivity index (χ1v) is 7.70. The summed E-state index contributed by atoms with van der Waals surface area (Å²) in [5.41, 5.74) is 0.453. The van der Waals surface area contributed by atoms with Crippen molar-refractivity contribution >= 4 is 0 Å². The lowest BCUT2D eigenvalue weighted by atomic mass is 9.80. The molecule has 2 aliphatic heterocycles. The molecule has 0 aromatic carbocycles. The van der Waals surface area contributed by atoms with Gasteiger partial charge in [-0.2, -0.15) is 0 Å². The van der Waals surface area contributed by atoms with Gasteiger partial charge in [0.25, 0.3) is 0 Å². The number of nitrogens with zero attached hydrogens (tertiary/aromatic N) is 1. The first-order valence-electron chi connectivity index (χ1n) is 7.70. The van der Waals surface area contributed by atoms with Crippen molar-refractivity contribution in [2.45, 2.75) is 63.9 Å². The maximum atomic E-state index is 10.3. The molecule has 3 aliphatic rings. The number of piperidine rings is 1. The molecule has 0 aromatic rings. The molecule has 1 spiro atoms. The molecule has 0 bridgehead atoms. The number of rotatable bonds is 1. The van der Waals surface area contributed by atoms with E-state index in [9.17, 15) is 5.11 Å². The zero-order valence-electron chi connectivity index (χ0n) is 12.2. The van der Waals surface area contributed by atoms with Gasteiger partial charge in [0.15, 0.2) is 5.79 Å². The summed E-state index contributed by atoms with van der Waals surface area (Å²) >= 11 is 0. The maximum Gasteiger partial charge on any atom is 0.170 e. The van der Waals surface area contributed by atoms with Crippen LogP contribution in [-0.2, 0) is 9.47 Å². The van der Waals surface area contributed by atoms with Crippen LogP contribution in [0, 0.1) is 5.41 Å². The average Bonchev–Trinajstić information content (AvgIpc) is 2.82. The number of aliphatic hydroxyl groups is 1. The van der Waals surface area contributed by atoms with E-state index in [0.29, 0.717) is 18.6 Å². The highest BCUT2D eigenvalue weighted by atomic mass is 16.7. The molecule has 2 saturated heterocycles. The molecule has 1 N–H and O–H groups in total. The Balaban J connectivity index is 1.65. The highest BCUT2D eigenvalue weighted by molar-refractivity contribution is 4.95. The maximum absolute atomic E-state index is 10.3. The van der Waals surface area contributed by atoms with Crippen LogP contribution in [0.25, 0.3) is 0 Å². The second kappa shape index (κ2) is 4.99. The Bertz CT molecular complexity index is 315. The number of hydrogen-bond donors (Lipinski definition) is 1. The predicted octanol–water partition coefficient (Wildman–Crippen LogP) is 1.76. The van der Waals surface area contributed by atoms with Crippen LogP contribution in [0.4, 0.5) is 0 Å². The van der Waals surface area contributed by atoms with Crippen molar-refractivity contribution < 1.29 is 14.6 Å². The molecule has 3 rings (SSSR count). The Morgan fingerprint density at radius 2 is 1.68 bits per heavy atom. The molecule has 19 heavy (non-hydrogen) atoms. The number of ether oxygens (including phenoxy) is 2. The lowest BCUT2D eigenvalue weighted by Gasteiger charge is -2.47. The molecule has 2 heterocycles. The lowest BCUT2D eigenvalue weighted by molar-refractivity contribution is -0.206. The van der Waals surface area contributed by atoms with Gasteiger partial charge in [-0.25, -0.2) is 0 Å². The fraction of sp³-hybridized carbons (Fsp3) is 1.00. The molecular formula is C15H27NO3. The summed E-state index contributed by atoms with van der Waals surface area (Å²) in [6, 6.07) is 0.211. The number of hydrogen-bond acceptors (Lipinski definition) is 4. The summed E-state index contributed by atoms with van der Waals surface area (Å²) in [6.45, 7) is 8.26. The number of aliphatic hydroxyl groups excluding tert-OH is 1. The lowest BCUT2D eigenvalue weighted by Crippen LogP contribution is -2.55. The molecular weight excluding hydrogens is 242 g/mol. The standard InChI is InChI=1S/C15H27NO3/c1-14(2)5-7-16(8-6-14)12-11-15(4-3-13(12)17)18-9-10-19-15/h12-13,17H,3-11H2,1-2H3. The normalized spacial score (nSPS) is 38.7. The van der Waals surface area contributed by atoms with Gasteiger partial charge in [-0.3, -0.25) is 4.90 Å². The predicted molar refractivity (Wildman–Crippen MR) is 72.9 cm³/mol. The third-order valence-electron chi connectivity index (χ3n) is 5.22. The van der Waals surface area contributed by atoms with E-state index in [0.717, 1.165) is 32.4 Å². The molecule has 3 fully saturated rings. The fourth-order valence-corrected chi connectivity index (χ4v) is 3.71. The van der Waals surface area contributed by atoms with Gasteiger partial charge in [0.05, 0.1) is 19.3 Å². The monoisotopic (exact) mass is 269 g/mol. The first kappa shape index (κ1) is 13.8. The summed E-state index contributed by atoms with van der Waals surface area (Å²) in [4.78, 5) is 2.46. The second-order valence-corrected chi connectivity index (χ2v) is 7.19. The van der Waals surface area contributed by atoms with Gasteiger partial charge >= 0.3 is 0 Å². The van der Waals surface area contributed by atoms with Crippen LogP contribution in [0.1, 0.15) is 46.0 Å². The summed E-state index contributed by atoms with van der Waals surface area (Å²) in [5, 5.41) is 10.3. The van der Waals surface area contributed by atoms with Crippen LogP contribution in [0.5, 0.6) is 0 Å². The van der Waals surface area contributed by atoms with Gasteiger partial charge in [0.1, 0.15) is 0 Å². The SMILES string of the molecule is CC1(C)CCN(C2CC3(CCC2O)OCCO3)CC1.